The van der Waals surface area contributed by atoms with Gasteiger partial charge in [0.25, 0.3) is 0 Å². The number of aliphatic hydroxyl groups is 6. The molecule has 0 unspecified atom stereocenters. The number of rotatable bonds is 3. The molecule has 118 valence electrons. The van der Waals surface area contributed by atoms with Gasteiger partial charge in [-0.2, -0.15) is 0 Å². The highest BCUT2D eigenvalue weighted by molar-refractivity contribution is 4.91. The Hall–Kier alpha value is -0.360. The largest absolute Gasteiger partial charge is 0.394 e. The van der Waals surface area contributed by atoms with E-state index >= 15 is 0 Å². The summed E-state index contributed by atoms with van der Waals surface area (Å²) >= 11 is 0. The molecule has 0 aromatic carbocycles. The molecule has 0 bridgehead atoms. The van der Waals surface area contributed by atoms with Crippen molar-refractivity contribution < 1.29 is 44.8 Å². The molecule has 0 aliphatic carbocycles. The Morgan fingerprint density at radius 1 is 0.900 bits per heavy atom. The molecule has 2 aliphatic heterocycles. The SMILES string of the molecule is C[C@@H]1O[C@@H](O[C@@H]2[C@H](O)[C@@H](CO)O[C@H]2O)[C@H](O)[C@H](O)[C@H]1O. The van der Waals surface area contributed by atoms with E-state index in [1.165, 1.54) is 6.92 Å². The minimum atomic E-state index is -1.55. The molecule has 9 atom stereocenters. The summed E-state index contributed by atoms with van der Waals surface area (Å²) in [6, 6.07) is 0. The third-order valence-electron chi connectivity index (χ3n) is 3.59. The van der Waals surface area contributed by atoms with E-state index in [1.54, 1.807) is 0 Å². The molecule has 2 aliphatic rings. The van der Waals surface area contributed by atoms with Gasteiger partial charge in [-0.3, -0.25) is 0 Å². The van der Waals surface area contributed by atoms with Gasteiger partial charge >= 0.3 is 0 Å². The molecule has 2 fully saturated rings. The maximum atomic E-state index is 9.80. The van der Waals surface area contributed by atoms with Crippen LogP contribution in [0.1, 0.15) is 6.92 Å². The summed E-state index contributed by atoms with van der Waals surface area (Å²) in [5.74, 6) is 0. The monoisotopic (exact) mass is 296 g/mol. The zero-order chi connectivity index (χ0) is 15.0. The number of ether oxygens (including phenoxy) is 3. The minimum absolute atomic E-state index is 0.510. The van der Waals surface area contributed by atoms with Crippen molar-refractivity contribution in [3.8, 4) is 0 Å². The average molecular weight is 296 g/mol. The fourth-order valence-electron chi connectivity index (χ4n) is 2.30. The van der Waals surface area contributed by atoms with Crippen molar-refractivity contribution in [3.05, 3.63) is 0 Å². The van der Waals surface area contributed by atoms with Crippen molar-refractivity contribution in [2.45, 2.75) is 62.2 Å². The van der Waals surface area contributed by atoms with Gasteiger partial charge in [-0.1, -0.05) is 0 Å². The maximum absolute atomic E-state index is 9.80. The first-order valence-electron chi connectivity index (χ1n) is 6.34. The Balaban J connectivity index is 2.02. The van der Waals surface area contributed by atoms with Gasteiger partial charge in [0.2, 0.25) is 0 Å². The van der Waals surface area contributed by atoms with Crippen LogP contribution in [0.15, 0.2) is 0 Å². The molecule has 2 heterocycles. The zero-order valence-corrected chi connectivity index (χ0v) is 10.8. The molecule has 0 amide bonds. The molecule has 2 saturated heterocycles. The Kier molecular flexibility index (Phi) is 4.95. The first-order valence-corrected chi connectivity index (χ1v) is 6.34. The van der Waals surface area contributed by atoms with Crippen molar-refractivity contribution in [1.29, 1.82) is 0 Å². The molecule has 9 nitrogen and oxygen atoms in total. The summed E-state index contributed by atoms with van der Waals surface area (Å²) in [5.41, 5.74) is 0. The summed E-state index contributed by atoms with van der Waals surface area (Å²) in [7, 11) is 0. The second kappa shape index (κ2) is 6.18. The molecule has 6 N–H and O–H groups in total. The topological polar surface area (TPSA) is 149 Å². The smallest absolute Gasteiger partial charge is 0.187 e. The van der Waals surface area contributed by atoms with Crippen LogP contribution in [0.25, 0.3) is 0 Å². The fourth-order valence-corrected chi connectivity index (χ4v) is 2.30. The Bertz CT molecular complexity index is 327. The van der Waals surface area contributed by atoms with Crippen LogP contribution in [0.4, 0.5) is 0 Å². The van der Waals surface area contributed by atoms with Crippen LogP contribution < -0.4 is 0 Å². The van der Waals surface area contributed by atoms with Gasteiger partial charge in [-0.15, -0.1) is 0 Å². The Labute approximate surface area is 114 Å². The number of hydrogen-bond donors (Lipinski definition) is 6. The Morgan fingerprint density at radius 3 is 2.10 bits per heavy atom. The van der Waals surface area contributed by atoms with Crippen LogP contribution in [0.2, 0.25) is 0 Å². The summed E-state index contributed by atoms with van der Waals surface area (Å²) in [5, 5.41) is 57.3. The average Bonchev–Trinajstić information content (AvgIpc) is 2.69. The predicted molar refractivity (Wildman–Crippen MR) is 61.2 cm³/mol. The standard InChI is InChI=1S/C11H20O9/c1-3-5(13)7(15)8(16)11(18-3)20-9-6(14)4(2-12)19-10(9)17/h3-17H,2H2,1H3/t3-,4+,5-,6+,7+,8+,9+,10+,11-/m0/s1. The highest BCUT2D eigenvalue weighted by Crippen LogP contribution is 2.28. The number of hydrogen-bond acceptors (Lipinski definition) is 9. The second-order valence-electron chi connectivity index (χ2n) is 5.02. The normalized spacial score (nSPS) is 53.2. The second-order valence-corrected chi connectivity index (χ2v) is 5.02. The molecular formula is C11H20O9. The van der Waals surface area contributed by atoms with Crippen LogP contribution >= 0.6 is 0 Å². The number of aliphatic hydroxyl groups excluding tert-OH is 6. The van der Waals surface area contributed by atoms with Gasteiger partial charge in [0, 0.05) is 0 Å². The molecular weight excluding hydrogens is 276 g/mol. The molecule has 9 heteroatoms. The van der Waals surface area contributed by atoms with Gasteiger partial charge in [-0.05, 0) is 6.92 Å². The van der Waals surface area contributed by atoms with E-state index in [1.807, 2.05) is 0 Å². The highest BCUT2D eigenvalue weighted by atomic mass is 16.7. The summed E-state index contributed by atoms with van der Waals surface area (Å²) in [4.78, 5) is 0. The zero-order valence-electron chi connectivity index (χ0n) is 10.8. The van der Waals surface area contributed by atoms with Crippen molar-refractivity contribution in [1.82, 2.24) is 0 Å². The van der Waals surface area contributed by atoms with Crippen LogP contribution in [0.3, 0.4) is 0 Å². The van der Waals surface area contributed by atoms with E-state index in [-0.39, 0.29) is 0 Å². The van der Waals surface area contributed by atoms with Crippen molar-refractivity contribution in [2.24, 2.45) is 0 Å². The van der Waals surface area contributed by atoms with Gasteiger partial charge in [-0.25, -0.2) is 0 Å². The van der Waals surface area contributed by atoms with E-state index in [9.17, 15) is 25.5 Å². The lowest BCUT2D eigenvalue weighted by Crippen LogP contribution is -2.58. The maximum Gasteiger partial charge on any atom is 0.187 e. The minimum Gasteiger partial charge on any atom is -0.394 e. The lowest BCUT2D eigenvalue weighted by atomic mass is 10.00. The van der Waals surface area contributed by atoms with Gasteiger partial charge < -0.3 is 44.8 Å². The third kappa shape index (κ3) is 2.82. The van der Waals surface area contributed by atoms with E-state index in [0.717, 1.165) is 0 Å². The molecule has 0 saturated carbocycles. The summed E-state index contributed by atoms with van der Waals surface area (Å²) in [6.07, 6.45) is -11.5. The lowest BCUT2D eigenvalue weighted by Gasteiger charge is -2.40. The molecule has 0 spiro atoms. The van der Waals surface area contributed by atoms with Crippen molar-refractivity contribution >= 4 is 0 Å². The van der Waals surface area contributed by atoms with E-state index in [4.69, 9.17) is 19.3 Å². The molecule has 0 radical (unpaired) electrons. The molecule has 20 heavy (non-hydrogen) atoms. The quantitative estimate of drug-likeness (QED) is 0.309. The first kappa shape index (κ1) is 16.0. The fraction of sp³-hybridized carbons (Fsp3) is 1.00. The highest BCUT2D eigenvalue weighted by Gasteiger charge is 2.49. The third-order valence-corrected chi connectivity index (χ3v) is 3.59. The van der Waals surface area contributed by atoms with Gasteiger partial charge in [0.15, 0.2) is 12.6 Å². The van der Waals surface area contributed by atoms with E-state index in [0.29, 0.717) is 0 Å². The van der Waals surface area contributed by atoms with Crippen molar-refractivity contribution in [2.75, 3.05) is 6.61 Å². The van der Waals surface area contributed by atoms with Gasteiger partial charge in [0.1, 0.15) is 36.6 Å². The summed E-state index contributed by atoms with van der Waals surface area (Å²) < 4.78 is 15.3. The molecule has 2 rings (SSSR count). The lowest BCUT2D eigenvalue weighted by molar-refractivity contribution is -0.318. The first-order chi connectivity index (χ1) is 9.36. The van der Waals surface area contributed by atoms with Gasteiger partial charge in [0.05, 0.1) is 12.7 Å². The van der Waals surface area contributed by atoms with Crippen LogP contribution in [0.5, 0.6) is 0 Å². The molecule has 0 aromatic rings. The van der Waals surface area contributed by atoms with E-state index < -0.39 is 61.9 Å². The van der Waals surface area contributed by atoms with E-state index in [2.05, 4.69) is 0 Å². The summed E-state index contributed by atoms with van der Waals surface area (Å²) in [6.45, 7) is 0.967. The van der Waals surface area contributed by atoms with Crippen LogP contribution in [-0.2, 0) is 14.2 Å². The van der Waals surface area contributed by atoms with Crippen molar-refractivity contribution in [3.63, 3.8) is 0 Å². The predicted octanol–water partition coefficient (Wildman–Crippen LogP) is -3.73. The van der Waals surface area contributed by atoms with Crippen LogP contribution in [-0.4, -0.2) is 92.6 Å². The van der Waals surface area contributed by atoms with Crippen LogP contribution in [0, 0.1) is 0 Å². The Morgan fingerprint density at radius 2 is 1.55 bits per heavy atom. The molecule has 0 aromatic heterocycles.